The molecule has 0 heterocycles. The van der Waals surface area contributed by atoms with E-state index in [0.29, 0.717) is 5.56 Å². The normalized spacial score (nSPS) is 13.5. The Morgan fingerprint density at radius 1 is 1.44 bits per heavy atom. The number of halogens is 3. The Labute approximate surface area is 90.0 Å². The summed E-state index contributed by atoms with van der Waals surface area (Å²) in [6, 6.07) is 4.62. The van der Waals surface area contributed by atoms with Crippen LogP contribution in [0.3, 0.4) is 0 Å². The van der Waals surface area contributed by atoms with Crippen LogP contribution in [0.25, 0.3) is 0 Å². The van der Waals surface area contributed by atoms with Crippen LogP contribution >= 0.6 is 0 Å². The molecule has 0 saturated heterocycles. The maximum atomic E-state index is 12.4. The van der Waals surface area contributed by atoms with Crippen molar-refractivity contribution in [2.45, 2.75) is 19.0 Å². The molecule has 0 bridgehead atoms. The summed E-state index contributed by atoms with van der Waals surface area (Å²) in [7, 11) is 0. The Morgan fingerprint density at radius 2 is 2.06 bits per heavy atom. The number of hydrogen-bond acceptors (Lipinski definition) is 2. The molecule has 0 fully saturated rings. The van der Waals surface area contributed by atoms with Crippen LogP contribution in [0.5, 0.6) is 0 Å². The maximum absolute atomic E-state index is 12.4. The number of rotatable bonds is 3. The van der Waals surface area contributed by atoms with E-state index in [1.165, 1.54) is 19.1 Å². The van der Waals surface area contributed by atoms with E-state index in [4.69, 9.17) is 0 Å². The molecule has 0 spiro atoms. The molecular weight excluding hydrogens is 223 g/mol. The van der Waals surface area contributed by atoms with Crippen LogP contribution < -0.4 is 0 Å². The summed E-state index contributed by atoms with van der Waals surface area (Å²) in [5.41, 5.74) is -0.452. The van der Waals surface area contributed by atoms with E-state index in [-0.39, 0.29) is 6.54 Å². The third-order valence-electron chi connectivity index (χ3n) is 2.21. The lowest BCUT2D eigenvalue weighted by Gasteiger charge is -2.11. The van der Waals surface area contributed by atoms with Gasteiger partial charge in [0, 0.05) is 10.8 Å². The smallest absolute Gasteiger partial charge is 0.265 e. The first-order valence-electron chi connectivity index (χ1n) is 4.59. The molecule has 0 aromatic heterocycles. The second-order valence-electron chi connectivity index (χ2n) is 3.54. The summed E-state index contributed by atoms with van der Waals surface area (Å²) in [4.78, 5) is 9.71. The van der Waals surface area contributed by atoms with Crippen molar-refractivity contribution < 1.29 is 18.1 Å². The lowest BCUT2D eigenvalue weighted by molar-refractivity contribution is -0.482. The van der Waals surface area contributed by atoms with Crippen molar-refractivity contribution in [3.63, 3.8) is 0 Å². The fourth-order valence-corrected chi connectivity index (χ4v) is 1.35. The SMILES string of the molecule is C[C@@H](C[N+](=O)[O-])c1cccc(C(F)(F)F)c1. The monoisotopic (exact) mass is 233 g/mol. The molecule has 0 aliphatic carbocycles. The van der Waals surface area contributed by atoms with E-state index in [1.54, 1.807) is 0 Å². The van der Waals surface area contributed by atoms with Gasteiger partial charge in [-0.1, -0.05) is 25.1 Å². The third kappa shape index (κ3) is 3.22. The Balaban J connectivity index is 2.94. The van der Waals surface area contributed by atoms with E-state index >= 15 is 0 Å². The highest BCUT2D eigenvalue weighted by molar-refractivity contribution is 5.27. The van der Waals surface area contributed by atoms with Crippen molar-refractivity contribution in [1.82, 2.24) is 0 Å². The first-order chi connectivity index (χ1) is 7.30. The highest BCUT2D eigenvalue weighted by Crippen LogP contribution is 2.31. The molecule has 0 amide bonds. The quantitative estimate of drug-likeness (QED) is 0.594. The molecular formula is C10H10F3NO2. The fourth-order valence-electron chi connectivity index (χ4n) is 1.35. The standard InChI is InChI=1S/C10H10F3NO2/c1-7(6-14(15)16)8-3-2-4-9(5-8)10(11,12)13/h2-5,7H,6H2,1H3/t7-/m0/s1. The van der Waals surface area contributed by atoms with Crippen molar-refractivity contribution in [3.05, 3.63) is 45.5 Å². The number of hydrogen-bond donors (Lipinski definition) is 0. The topological polar surface area (TPSA) is 43.1 Å². The molecule has 1 aromatic carbocycles. The molecule has 1 aromatic rings. The van der Waals surface area contributed by atoms with Gasteiger partial charge >= 0.3 is 6.18 Å². The number of alkyl halides is 3. The second kappa shape index (κ2) is 4.51. The van der Waals surface area contributed by atoms with Gasteiger partial charge in [-0.2, -0.15) is 13.2 Å². The van der Waals surface area contributed by atoms with Crippen LogP contribution in [0.15, 0.2) is 24.3 Å². The largest absolute Gasteiger partial charge is 0.416 e. The molecule has 88 valence electrons. The van der Waals surface area contributed by atoms with E-state index in [0.717, 1.165) is 12.1 Å². The average molecular weight is 233 g/mol. The summed E-state index contributed by atoms with van der Waals surface area (Å²) < 4.78 is 37.1. The molecule has 16 heavy (non-hydrogen) atoms. The van der Waals surface area contributed by atoms with Crippen LogP contribution in [0.4, 0.5) is 13.2 Å². The molecule has 1 atom stereocenters. The molecule has 0 radical (unpaired) electrons. The fraction of sp³-hybridized carbons (Fsp3) is 0.400. The summed E-state index contributed by atoms with van der Waals surface area (Å²) >= 11 is 0. The minimum absolute atomic E-state index is 0.325. The van der Waals surface area contributed by atoms with Gasteiger partial charge in [0.15, 0.2) is 0 Å². The zero-order valence-electron chi connectivity index (χ0n) is 8.49. The maximum Gasteiger partial charge on any atom is 0.416 e. The van der Waals surface area contributed by atoms with Crippen LogP contribution in [-0.2, 0) is 6.18 Å². The van der Waals surface area contributed by atoms with Crippen LogP contribution in [0.1, 0.15) is 24.0 Å². The van der Waals surface area contributed by atoms with Crippen molar-refractivity contribution in [2.75, 3.05) is 6.54 Å². The van der Waals surface area contributed by atoms with Gasteiger partial charge in [-0.25, -0.2) is 0 Å². The first kappa shape index (κ1) is 12.5. The molecule has 3 nitrogen and oxygen atoms in total. The molecule has 0 aliphatic rings. The number of nitrogens with zero attached hydrogens (tertiary/aromatic N) is 1. The summed E-state index contributed by atoms with van der Waals surface area (Å²) in [6.07, 6.45) is -4.41. The molecule has 1 rings (SSSR count). The van der Waals surface area contributed by atoms with Crippen LogP contribution in [0.2, 0.25) is 0 Å². The van der Waals surface area contributed by atoms with Crippen molar-refractivity contribution in [2.24, 2.45) is 0 Å². The van der Waals surface area contributed by atoms with Gasteiger partial charge in [-0.3, -0.25) is 10.1 Å². The Bertz CT molecular complexity index is 390. The number of nitro groups is 1. The van der Waals surface area contributed by atoms with Gasteiger partial charge in [-0.05, 0) is 11.6 Å². The predicted octanol–water partition coefficient (Wildman–Crippen LogP) is 3.09. The minimum Gasteiger partial charge on any atom is -0.265 e. The molecule has 0 unspecified atom stereocenters. The predicted molar refractivity (Wildman–Crippen MR) is 51.7 cm³/mol. The van der Waals surface area contributed by atoms with Crippen molar-refractivity contribution >= 4 is 0 Å². The van der Waals surface area contributed by atoms with E-state index in [1.807, 2.05) is 0 Å². The summed E-state index contributed by atoms with van der Waals surface area (Å²) in [5, 5.41) is 10.2. The minimum atomic E-state index is -4.41. The molecule has 0 saturated carbocycles. The highest BCUT2D eigenvalue weighted by atomic mass is 19.4. The molecule has 6 heteroatoms. The van der Waals surface area contributed by atoms with Gasteiger partial charge in [0.05, 0.1) is 5.56 Å². The second-order valence-corrected chi connectivity index (χ2v) is 3.54. The zero-order valence-corrected chi connectivity index (χ0v) is 8.49. The van der Waals surface area contributed by atoms with E-state index in [9.17, 15) is 23.3 Å². The summed E-state index contributed by atoms with van der Waals surface area (Å²) in [6.45, 7) is 1.15. The zero-order chi connectivity index (χ0) is 12.3. The molecule has 0 aliphatic heterocycles. The van der Waals surface area contributed by atoms with E-state index in [2.05, 4.69) is 0 Å². The lowest BCUT2D eigenvalue weighted by atomic mass is 9.99. The van der Waals surface area contributed by atoms with Gasteiger partial charge in [0.2, 0.25) is 6.54 Å². The number of benzene rings is 1. The van der Waals surface area contributed by atoms with Crippen molar-refractivity contribution in [1.29, 1.82) is 0 Å². The average Bonchev–Trinajstić information content (AvgIpc) is 2.15. The van der Waals surface area contributed by atoms with E-state index < -0.39 is 22.6 Å². The summed E-state index contributed by atoms with van der Waals surface area (Å²) in [5.74, 6) is -0.530. The van der Waals surface area contributed by atoms with Crippen molar-refractivity contribution in [3.8, 4) is 0 Å². The van der Waals surface area contributed by atoms with Gasteiger partial charge in [-0.15, -0.1) is 0 Å². The Kier molecular flexibility index (Phi) is 3.51. The highest BCUT2D eigenvalue weighted by Gasteiger charge is 2.30. The Morgan fingerprint density at radius 3 is 2.56 bits per heavy atom. The van der Waals surface area contributed by atoms with Gasteiger partial charge < -0.3 is 0 Å². The third-order valence-corrected chi connectivity index (χ3v) is 2.21. The Hall–Kier alpha value is -1.59. The van der Waals surface area contributed by atoms with Gasteiger partial charge in [0.25, 0.3) is 0 Å². The van der Waals surface area contributed by atoms with Gasteiger partial charge in [0.1, 0.15) is 0 Å². The van der Waals surface area contributed by atoms with Crippen LogP contribution in [-0.4, -0.2) is 11.5 Å². The van der Waals surface area contributed by atoms with Crippen LogP contribution in [0, 0.1) is 10.1 Å². The first-order valence-corrected chi connectivity index (χ1v) is 4.59. The molecule has 0 N–H and O–H groups in total. The lowest BCUT2D eigenvalue weighted by Crippen LogP contribution is -2.11.